The normalized spacial score (nSPS) is 15.8. The number of nitrogens with one attached hydrogen (secondary N) is 1. The van der Waals surface area contributed by atoms with Crippen molar-refractivity contribution in [2.75, 3.05) is 6.54 Å². The van der Waals surface area contributed by atoms with Gasteiger partial charge in [-0.1, -0.05) is 32.0 Å². The fourth-order valence-corrected chi connectivity index (χ4v) is 2.93. The van der Waals surface area contributed by atoms with Crippen LogP contribution in [0.4, 0.5) is 0 Å². The molecule has 0 bridgehead atoms. The molecule has 3 aromatic rings. The molecule has 0 saturated carbocycles. The summed E-state index contributed by atoms with van der Waals surface area (Å²) in [5.41, 5.74) is 0.691. The first-order valence-electron chi connectivity index (χ1n) is 8.30. The fourth-order valence-electron chi connectivity index (χ4n) is 2.93. The van der Waals surface area contributed by atoms with Crippen molar-refractivity contribution < 1.29 is 9.52 Å². The molecule has 0 spiro atoms. The molecular formula is C19H25N3O2. The molecule has 5 heteroatoms. The first kappa shape index (κ1) is 16.7. The van der Waals surface area contributed by atoms with Gasteiger partial charge in [-0.25, -0.2) is 0 Å². The van der Waals surface area contributed by atoms with Gasteiger partial charge in [0.25, 0.3) is 0 Å². The third-order valence-corrected chi connectivity index (χ3v) is 4.41. The molecule has 128 valence electrons. The summed E-state index contributed by atoms with van der Waals surface area (Å²) < 4.78 is 7.70. The second-order valence-corrected chi connectivity index (χ2v) is 6.97. The van der Waals surface area contributed by atoms with Gasteiger partial charge in [0.1, 0.15) is 16.9 Å². The lowest BCUT2D eigenvalue weighted by molar-refractivity contribution is 0.0508. The number of para-hydroxylation sites is 1. The molecule has 24 heavy (non-hydrogen) atoms. The van der Waals surface area contributed by atoms with Crippen molar-refractivity contribution in [3.63, 3.8) is 0 Å². The number of rotatable bonds is 6. The van der Waals surface area contributed by atoms with Crippen LogP contribution in [-0.4, -0.2) is 21.4 Å². The van der Waals surface area contributed by atoms with E-state index in [1.54, 1.807) is 17.8 Å². The van der Waals surface area contributed by atoms with Crippen molar-refractivity contribution in [3.05, 3.63) is 54.0 Å². The van der Waals surface area contributed by atoms with Gasteiger partial charge in [-0.2, -0.15) is 5.10 Å². The molecule has 3 rings (SSSR count). The molecular weight excluding hydrogens is 302 g/mol. The summed E-state index contributed by atoms with van der Waals surface area (Å²) in [7, 11) is 1.85. The highest BCUT2D eigenvalue weighted by Gasteiger charge is 2.28. The van der Waals surface area contributed by atoms with Gasteiger partial charge in [-0.05, 0) is 25.0 Å². The first-order valence-corrected chi connectivity index (χ1v) is 8.30. The zero-order chi connectivity index (χ0) is 17.3. The predicted molar refractivity (Wildman–Crippen MR) is 94.6 cm³/mol. The largest absolute Gasteiger partial charge is 0.459 e. The number of furan rings is 1. The molecule has 5 nitrogen and oxygen atoms in total. The molecule has 0 aliphatic heterocycles. The van der Waals surface area contributed by atoms with Gasteiger partial charge in [-0.15, -0.1) is 0 Å². The zero-order valence-electron chi connectivity index (χ0n) is 14.7. The Bertz CT molecular complexity index is 784. The van der Waals surface area contributed by atoms with Crippen molar-refractivity contribution in [1.82, 2.24) is 15.1 Å². The minimum atomic E-state index is -0.993. The van der Waals surface area contributed by atoms with Gasteiger partial charge >= 0.3 is 0 Å². The van der Waals surface area contributed by atoms with Gasteiger partial charge < -0.3 is 14.8 Å². The van der Waals surface area contributed by atoms with E-state index < -0.39 is 5.60 Å². The van der Waals surface area contributed by atoms with Crippen molar-refractivity contribution >= 4 is 11.0 Å². The van der Waals surface area contributed by atoms with Crippen molar-refractivity contribution in [2.45, 2.75) is 32.4 Å². The summed E-state index contributed by atoms with van der Waals surface area (Å²) in [5, 5.41) is 19.5. The topological polar surface area (TPSA) is 63.2 Å². The van der Waals surface area contributed by atoms with Crippen LogP contribution in [0.1, 0.15) is 38.1 Å². The van der Waals surface area contributed by atoms with E-state index >= 15 is 0 Å². The average Bonchev–Trinajstić information content (AvgIpc) is 3.13. The van der Waals surface area contributed by atoms with Gasteiger partial charge in [0.05, 0.1) is 12.2 Å². The Balaban J connectivity index is 1.79. The standard InChI is InChI=1S/C19H25N3O2/c1-13(2)18(17-9-14-7-5-6-8-16(14)24-17)20-12-19(3,23)15-10-21-22(4)11-15/h5-11,13,18,20,23H,12H2,1-4H3. The molecule has 0 aliphatic rings. The van der Waals surface area contributed by atoms with Crippen LogP contribution in [0.5, 0.6) is 0 Å². The van der Waals surface area contributed by atoms with E-state index in [2.05, 4.69) is 30.3 Å². The smallest absolute Gasteiger partial charge is 0.134 e. The summed E-state index contributed by atoms with van der Waals surface area (Å²) >= 11 is 0. The fraction of sp³-hybridized carbons (Fsp3) is 0.421. The van der Waals surface area contributed by atoms with E-state index in [1.807, 2.05) is 37.5 Å². The molecule has 1 aromatic carbocycles. The number of benzene rings is 1. The molecule has 2 unspecified atom stereocenters. The minimum Gasteiger partial charge on any atom is -0.459 e. The zero-order valence-corrected chi connectivity index (χ0v) is 14.7. The first-order chi connectivity index (χ1) is 11.4. The van der Waals surface area contributed by atoms with Gasteiger partial charge in [-0.3, -0.25) is 4.68 Å². The Morgan fingerprint density at radius 3 is 2.71 bits per heavy atom. The van der Waals surface area contributed by atoms with E-state index in [1.165, 1.54) is 0 Å². The number of aliphatic hydroxyl groups is 1. The summed E-state index contributed by atoms with van der Waals surface area (Å²) in [6.45, 7) is 6.50. The predicted octanol–water partition coefficient (Wildman–Crippen LogP) is 3.36. The Kier molecular flexibility index (Phi) is 4.47. The van der Waals surface area contributed by atoms with Crippen LogP contribution in [0, 0.1) is 5.92 Å². The van der Waals surface area contributed by atoms with Gasteiger partial charge in [0.2, 0.25) is 0 Å². The third-order valence-electron chi connectivity index (χ3n) is 4.41. The van der Waals surface area contributed by atoms with Crippen LogP contribution in [0.2, 0.25) is 0 Å². The number of nitrogens with zero attached hydrogens (tertiary/aromatic N) is 2. The number of hydrogen-bond donors (Lipinski definition) is 2. The quantitative estimate of drug-likeness (QED) is 0.729. The average molecular weight is 327 g/mol. The van der Waals surface area contributed by atoms with Crippen LogP contribution < -0.4 is 5.32 Å². The lowest BCUT2D eigenvalue weighted by atomic mass is 9.96. The monoisotopic (exact) mass is 327 g/mol. The van der Waals surface area contributed by atoms with Crippen molar-refractivity contribution in [1.29, 1.82) is 0 Å². The molecule has 2 N–H and O–H groups in total. The van der Waals surface area contributed by atoms with E-state index in [0.717, 1.165) is 22.3 Å². The number of aromatic nitrogens is 2. The summed E-state index contributed by atoms with van der Waals surface area (Å²) in [5.74, 6) is 1.23. The summed E-state index contributed by atoms with van der Waals surface area (Å²) in [4.78, 5) is 0. The molecule has 0 amide bonds. The third kappa shape index (κ3) is 3.37. The molecule has 0 aliphatic carbocycles. The Labute approximate surface area is 142 Å². The Morgan fingerprint density at radius 1 is 1.33 bits per heavy atom. The SMILES string of the molecule is CC(C)C(NCC(C)(O)c1cnn(C)c1)c1cc2ccccc2o1. The molecule has 0 fully saturated rings. The number of fused-ring (bicyclic) bond motifs is 1. The van der Waals surface area contributed by atoms with Crippen molar-refractivity contribution in [3.8, 4) is 0 Å². The maximum Gasteiger partial charge on any atom is 0.134 e. The summed E-state index contributed by atoms with van der Waals surface area (Å²) in [6, 6.07) is 10.1. The minimum absolute atomic E-state index is 0.0283. The number of hydrogen-bond acceptors (Lipinski definition) is 4. The second-order valence-electron chi connectivity index (χ2n) is 6.97. The maximum atomic E-state index is 10.8. The Hall–Kier alpha value is -2.11. The molecule has 0 radical (unpaired) electrons. The van der Waals surface area contributed by atoms with Crippen LogP contribution in [-0.2, 0) is 12.6 Å². The molecule has 2 atom stereocenters. The highest BCUT2D eigenvalue weighted by molar-refractivity contribution is 5.77. The van der Waals surface area contributed by atoms with E-state index in [-0.39, 0.29) is 6.04 Å². The summed E-state index contributed by atoms with van der Waals surface area (Å²) in [6.07, 6.45) is 3.54. The van der Waals surface area contributed by atoms with Crippen LogP contribution in [0.25, 0.3) is 11.0 Å². The van der Waals surface area contributed by atoms with E-state index in [0.29, 0.717) is 12.5 Å². The second kappa shape index (κ2) is 6.42. The highest BCUT2D eigenvalue weighted by atomic mass is 16.3. The number of aryl methyl sites for hydroxylation is 1. The Morgan fingerprint density at radius 2 is 2.08 bits per heavy atom. The van der Waals surface area contributed by atoms with Gasteiger partial charge in [0, 0.05) is 30.7 Å². The van der Waals surface area contributed by atoms with Crippen LogP contribution in [0.15, 0.2) is 47.1 Å². The van der Waals surface area contributed by atoms with Crippen molar-refractivity contribution in [2.24, 2.45) is 13.0 Å². The molecule has 2 heterocycles. The van der Waals surface area contributed by atoms with Gasteiger partial charge in [0.15, 0.2) is 0 Å². The van der Waals surface area contributed by atoms with E-state index in [4.69, 9.17) is 4.42 Å². The molecule has 0 saturated heterocycles. The van der Waals surface area contributed by atoms with Crippen LogP contribution in [0.3, 0.4) is 0 Å². The lowest BCUT2D eigenvalue weighted by Gasteiger charge is -2.27. The van der Waals surface area contributed by atoms with Crippen LogP contribution >= 0.6 is 0 Å². The lowest BCUT2D eigenvalue weighted by Crippen LogP contribution is -2.38. The highest BCUT2D eigenvalue weighted by Crippen LogP contribution is 2.29. The molecule has 2 aromatic heterocycles. The maximum absolute atomic E-state index is 10.8. The van der Waals surface area contributed by atoms with E-state index in [9.17, 15) is 5.11 Å².